The summed E-state index contributed by atoms with van der Waals surface area (Å²) in [6.07, 6.45) is 6.31. The molecule has 142 valence electrons. The minimum absolute atomic E-state index is 0.000281. The van der Waals surface area contributed by atoms with Crippen LogP contribution in [0.15, 0.2) is 48.9 Å². The molecule has 7 nitrogen and oxygen atoms in total. The molecule has 3 aromatic heterocycles. The molecule has 0 saturated heterocycles. The number of carbonyl (C=O) groups is 1. The van der Waals surface area contributed by atoms with Gasteiger partial charge >= 0.3 is 0 Å². The van der Waals surface area contributed by atoms with E-state index in [4.69, 9.17) is 4.74 Å². The lowest BCUT2D eigenvalue weighted by atomic mass is 10.0. The van der Waals surface area contributed by atoms with E-state index in [1.54, 1.807) is 18.0 Å². The predicted octanol–water partition coefficient (Wildman–Crippen LogP) is 2.90. The maximum absolute atomic E-state index is 13.3. The molecule has 0 aliphatic carbocycles. The number of methoxy groups -OCH3 is 1. The van der Waals surface area contributed by atoms with Crippen LogP contribution in [0.5, 0.6) is 5.75 Å². The van der Waals surface area contributed by atoms with Crippen molar-refractivity contribution in [2.24, 2.45) is 7.05 Å². The van der Waals surface area contributed by atoms with Gasteiger partial charge in [0.05, 0.1) is 13.3 Å². The van der Waals surface area contributed by atoms with Crippen molar-refractivity contribution < 1.29 is 9.53 Å². The number of aryl methyl sites for hydroxylation is 1. The molecule has 0 spiro atoms. The second-order valence-electron chi connectivity index (χ2n) is 7.07. The largest absolute Gasteiger partial charge is 0.497 e. The van der Waals surface area contributed by atoms with E-state index in [0.717, 1.165) is 28.9 Å². The number of nitrogens with one attached hydrogen (secondary N) is 1. The number of nitrogens with zero attached hydrogens (tertiary/aromatic N) is 4. The van der Waals surface area contributed by atoms with Crippen LogP contribution in [0.2, 0.25) is 0 Å². The van der Waals surface area contributed by atoms with Gasteiger partial charge in [-0.15, -0.1) is 0 Å². The highest BCUT2D eigenvalue weighted by molar-refractivity contribution is 5.97. The van der Waals surface area contributed by atoms with Gasteiger partial charge in [-0.3, -0.25) is 9.48 Å². The van der Waals surface area contributed by atoms with E-state index in [-0.39, 0.29) is 5.91 Å². The Labute approximate surface area is 162 Å². The highest BCUT2D eigenvalue weighted by atomic mass is 16.5. The van der Waals surface area contributed by atoms with Gasteiger partial charge in [0.1, 0.15) is 17.1 Å². The number of aromatic nitrogens is 4. The summed E-state index contributed by atoms with van der Waals surface area (Å²) in [6, 6.07) is 9.89. The van der Waals surface area contributed by atoms with Gasteiger partial charge in [0, 0.05) is 61.1 Å². The Morgan fingerprint density at radius 3 is 2.86 bits per heavy atom. The van der Waals surface area contributed by atoms with E-state index in [2.05, 4.69) is 10.1 Å². The third-order valence-electron chi connectivity index (χ3n) is 5.46. The summed E-state index contributed by atoms with van der Waals surface area (Å²) >= 11 is 0. The molecule has 1 aliphatic heterocycles. The Morgan fingerprint density at radius 2 is 2.07 bits per heavy atom. The van der Waals surface area contributed by atoms with Crippen molar-refractivity contribution in [1.82, 2.24) is 24.2 Å². The summed E-state index contributed by atoms with van der Waals surface area (Å²) in [4.78, 5) is 18.7. The third kappa shape index (κ3) is 2.51. The molecule has 28 heavy (non-hydrogen) atoms. The molecule has 0 unspecified atom stereocenters. The van der Waals surface area contributed by atoms with Gasteiger partial charge in [0.25, 0.3) is 5.91 Å². The van der Waals surface area contributed by atoms with Crippen molar-refractivity contribution in [3.05, 3.63) is 65.7 Å². The Morgan fingerprint density at radius 1 is 1.25 bits per heavy atom. The van der Waals surface area contributed by atoms with Gasteiger partial charge in [-0.05, 0) is 30.3 Å². The minimum Gasteiger partial charge on any atom is -0.497 e. The molecule has 0 atom stereocenters. The molecule has 0 saturated carbocycles. The fourth-order valence-corrected chi connectivity index (χ4v) is 4.03. The first kappa shape index (κ1) is 16.7. The number of ether oxygens (including phenoxy) is 1. The zero-order valence-electron chi connectivity index (χ0n) is 15.8. The average Bonchev–Trinajstić information content (AvgIpc) is 3.44. The molecule has 1 aromatic carbocycles. The topological polar surface area (TPSA) is 68.1 Å². The summed E-state index contributed by atoms with van der Waals surface area (Å²) < 4.78 is 9.04. The van der Waals surface area contributed by atoms with Crippen molar-refractivity contribution in [2.45, 2.75) is 13.0 Å². The number of carbonyl (C=O) groups excluding carboxylic acids is 1. The lowest BCUT2D eigenvalue weighted by Crippen LogP contribution is -2.36. The first-order chi connectivity index (χ1) is 13.7. The monoisotopic (exact) mass is 375 g/mol. The van der Waals surface area contributed by atoms with E-state index >= 15 is 0 Å². The molecular formula is C21H21N5O2. The maximum atomic E-state index is 13.3. The summed E-state index contributed by atoms with van der Waals surface area (Å²) in [7, 11) is 3.52. The highest BCUT2D eigenvalue weighted by Crippen LogP contribution is 2.31. The predicted molar refractivity (Wildman–Crippen MR) is 106 cm³/mol. The maximum Gasteiger partial charge on any atom is 0.259 e. The number of hydrogen-bond donors (Lipinski definition) is 1. The number of rotatable bonds is 3. The Kier molecular flexibility index (Phi) is 3.75. The van der Waals surface area contributed by atoms with Crippen LogP contribution in [-0.2, 0) is 20.0 Å². The zero-order valence-corrected chi connectivity index (χ0v) is 15.8. The van der Waals surface area contributed by atoms with Gasteiger partial charge in [0.15, 0.2) is 0 Å². The van der Waals surface area contributed by atoms with Crippen molar-refractivity contribution in [1.29, 1.82) is 0 Å². The van der Waals surface area contributed by atoms with Gasteiger partial charge in [-0.1, -0.05) is 0 Å². The van der Waals surface area contributed by atoms with Crippen LogP contribution in [-0.4, -0.2) is 43.8 Å². The SMILES string of the molecule is COc1ccc2[nH]c3c(c2c1)CN(C(=O)c1cnn(C)c1-n1cccc1)CC3. The number of aromatic amines is 1. The highest BCUT2D eigenvalue weighted by Gasteiger charge is 2.28. The molecule has 0 fully saturated rings. The molecule has 1 amide bonds. The zero-order chi connectivity index (χ0) is 19.3. The molecule has 7 heteroatoms. The first-order valence-corrected chi connectivity index (χ1v) is 9.28. The van der Waals surface area contributed by atoms with Crippen molar-refractivity contribution in [2.75, 3.05) is 13.7 Å². The number of amides is 1. The summed E-state index contributed by atoms with van der Waals surface area (Å²) in [6.45, 7) is 1.25. The van der Waals surface area contributed by atoms with Crippen LogP contribution in [0.25, 0.3) is 16.7 Å². The Bertz CT molecular complexity index is 1170. The number of H-pyrrole nitrogens is 1. The second-order valence-corrected chi connectivity index (χ2v) is 7.07. The quantitative estimate of drug-likeness (QED) is 0.599. The first-order valence-electron chi connectivity index (χ1n) is 9.28. The molecule has 1 aliphatic rings. The summed E-state index contributed by atoms with van der Waals surface area (Å²) in [5.74, 6) is 1.60. The van der Waals surface area contributed by atoms with Crippen LogP contribution in [0.1, 0.15) is 21.6 Å². The lowest BCUT2D eigenvalue weighted by molar-refractivity contribution is 0.0735. The van der Waals surface area contributed by atoms with Crippen molar-refractivity contribution in [3.8, 4) is 11.6 Å². The standard InChI is InChI=1S/C21H21N5O2/c1-24-20(25-8-3-4-9-25)16(12-22-24)21(27)26-10-7-19-17(13-26)15-11-14(28-2)5-6-18(15)23-19/h3-6,8-9,11-12,23H,7,10,13H2,1-2H3. The average molecular weight is 375 g/mol. The van der Waals surface area contributed by atoms with Crippen LogP contribution in [0, 0.1) is 0 Å². The Hall–Kier alpha value is -3.48. The fraction of sp³-hybridized carbons (Fsp3) is 0.238. The molecule has 5 rings (SSSR count). The third-order valence-corrected chi connectivity index (χ3v) is 5.46. The second kappa shape index (κ2) is 6.30. The fourth-order valence-electron chi connectivity index (χ4n) is 4.03. The van der Waals surface area contributed by atoms with Gasteiger partial charge in [-0.2, -0.15) is 5.10 Å². The number of hydrogen-bond acceptors (Lipinski definition) is 3. The number of fused-ring (bicyclic) bond motifs is 3. The lowest BCUT2D eigenvalue weighted by Gasteiger charge is -2.27. The van der Waals surface area contributed by atoms with E-state index in [1.807, 2.05) is 59.2 Å². The number of benzene rings is 1. The summed E-state index contributed by atoms with van der Waals surface area (Å²) in [5, 5.41) is 5.44. The molecular weight excluding hydrogens is 354 g/mol. The molecule has 4 aromatic rings. The van der Waals surface area contributed by atoms with E-state index in [0.29, 0.717) is 18.7 Å². The van der Waals surface area contributed by atoms with Crippen LogP contribution in [0.3, 0.4) is 0 Å². The van der Waals surface area contributed by atoms with Crippen molar-refractivity contribution in [3.63, 3.8) is 0 Å². The van der Waals surface area contributed by atoms with Gasteiger partial charge in [0.2, 0.25) is 0 Å². The molecule has 0 radical (unpaired) electrons. The molecule has 4 heterocycles. The van der Waals surface area contributed by atoms with Crippen LogP contribution in [0.4, 0.5) is 0 Å². The Balaban J connectivity index is 1.51. The van der Waals surface area contributed by atoms with E-state index in [9.17, 15) is 4.79 Å². The van der Waals surface area contributed by atoms with Crippen LogP contribution >= 0.6 is 0 Å². The molecule has 1 N–H and O–H groups in total. The normalized spacial score (nSPS) is 13.7. The van der Waals surface area contributed by atoms with Crippen LogP contribution < -0.4 is 4.74 Å². The van der Waals surface area contributed by atoms with E-state index in [1.165, 1.54) is 11.3 Å². The van der Waals surface area contributed by atoms with Gasteiger partial charge in [-0.25, -0.2) is 0 Å². The summed E-state index contributed by atoms with van der Waals surface area (Å²) in [5.41, 5.74) is 4.05. The smallest absolute Gasteiger partial charge is 0.259 e. The minimum atomic E-state index is -0.000281. The molecule has 0 bridgehead atoms. The van der Waals surface area contributed by atoms with Gasteiger partial charge < -0.3 is 19.2 Å². The van der Waals surface area contributed by atoms with E-state index < -0.39 is 0 Å². The van der Waals surface area contributed by atoms with Crippen molar-refractivity contribution >= 4 is 16.8 Å².